The molecule has 2 N–H and O–H groups in total. The Morgan fingerprint density at radius 2 is 1.94 bits per heavy atom. The normalized spacial score (nSPS) is 10.8. The van der Waals surface area contributed by atoms with Gasteiger partial charge in [0, 0.05) is 6.20 Å². The lowest BCUT2D eigenvalue weighted by atomic mass is 10.2. The van der Waals surface area contributed by atoms with Crippen molar-refractivity contribution in [2.45, 2.75) is 13.2 Å². The van der Waals surface area contributed by atoms with E-state index in [9.17, 15) is 8.78 Å². The number of halogens is 2. The molecule has 17 heavy (non-hydrogen) atoms. The zero-order valence-electron chi connectivity index (χ0n) is 8.88. The van der Waals surface area contributed by atoms with E-state index in [-0.39, 0.29) is 5.75 Å². The second-order valence-corrected chi connectivity index (χ2v) is 3.46. The molecule has 1 heterocycles. The van der Waals surface area contributed by atoms with Crippen LogP contribution in [0.4, 0.5) is 14.6 Å². The van der Waals surface area contributed by atoms with E-state index in [0.717, 1.165) is 5.56 Å². The fraction of sp³-hybridized carbons (Fsp3) is 0.182. The predicted octanol–water partition coefficient (Wildman–Crippen LogP) is 2.12. The molecule has 2 rings (SSSR count). The van der Waals surface area contributed by atoms with Gasteiger partial charge in [0.25, 0.3) is 0 Å². The molecule has 4 nitrogen and oxygen atoms in total. The number of anilines is 1. The summed E-state index contributed by atoms with van der Waals surface area (Å²) in [6.07, 6.45) is 1.75. The highest BCUT2D eigenvalue weighted by atomic mass is 19.3. The van der Waals surface area contributed by atoms with Crippen molar-refractivity contribution in [3.05, 3.63) is 42.1 Å². The van der Waals surface area contributed by atoms with Crippen LogP contribution in [0.2, 0.25) is 0 Å². The Labute approximate surface area is 96.6 Å². The summed E-state index contributed by atoms with van der Waals surface area (Å²) in [5.74, 6) is 0.589. The Hall–Kier alpha value is -2.11. The van der Waals surface area contributed by atoms with Gasteiger partial charge in [-0.3, -0.25) is 4.68 Å². The molecular formula is C11H11F2N3O. The molecule has 0 spiro atoms. The van der Waals surface area contributed by atoms with Crippen molar-refractivity contribution in [1.82, 2.24) is 9.78 Å². The molecule has 0 bridgehead atoms. The molecule has 0 amide bonds. The molecule has 2 aromatic rings. The Bertz CT molecular complexity index is 482. The zero-order valence-corrected chi connectivity index (χ0v) is 8.88. The number of nitrogens with zero attached hydrogens (tertiary/aromatic N) is 2. The first-order valence-corrected chi connectivity index (χ1v) is 4.96. The molecule has 0 radical (unpaired) electrons. The van der Waals surface area contributed by atoms with Crippen LogP contribution in [0.15, 0.2) is 36.5 Å². The van der Waals surface area contributed by atoms with Gasteiger partial charge in [0.2, 0.25) is 0 Å². The number of alkyl halides is 2. The Kier molecular flexibility index (Phi) is 3.22. The third-order valence-corrected chi connectivity index (χ3v) is 2.15. The van der Waals surface area contributed by atoms with Crippen LogP contribution in [0.25, 0.3) is 0 Å². The first-order valence-electron chi connectivity index (χ1n) is 4.96. The maximum Gasteiger partial charge on any atom is 0.387 e. The average Bonchev–Trinajstić information content (AvgIpc) is 2.66. The maximum absolute atomic E-state index is 11.9. The van der Waals surface area contributed by atoms with Gasteiger partial charge in [-0.1, -0.05) is 12.1 Å². The van der Waals surface area contributed by atoms with E-state index in [2.05, 4.69) is 9.84 Å². The van der Waals surface area contributed by atoms with Gasteiger partial charge >= 0.3 is 6.61 Å². The van der Waals surface area contributed by atoms with E-state index in [4.69, 9.17) is 5.73 Å². The van der Waals surface area contributed by atoms with Gasteiger partial charge in [-0.15, -0.1) is 0 Å². The van der Waals surface area contributed by atoms with E-state index >= 15 is 0 Å². The van der Waals surface area contributed by atoms with E-state index in [0.29, 0.717) is 12.4 Å². The SMILES string of the molecule is Nc1ccn(Cc2ccc(OC(F)F)cc2)n1. The highest BCUT2D eigenvalue weighted by Crippen LogP contribution is 2.15. The molecule has 0 unspecified atom stereocenters. The fourth-order valence-electron chi connectivity index (χ4n) is 1.43. The predicted molar refractivity (Wildman–Crippen MR) is 58.8 cm³/mol. The minimum Gasteiger partial charge on any atom is -0.435 e. The standard InChI is InChI=1S/C11H11F2N3O/c12-11(13)17-9-3-1-8(2-4-9)7-16-6-5-10(14)15-16/h1-6,11H,7H2,(H2,14,15). The van der Waals surface area contributed by atoms with Crippen LogP contribution < -0.4 is 10.5 Å². The van der Waals surface area contributed by atoms with Crippen molar-refractivity contribution in [3.63, 3.8) is 0 Å². The molecule has 0 aliphatic rings. The molecule has 90 valence electrons. The number of benzene rings is 1. The summed E-state index contributed by atoms with van der Waals surface area (Å²) < 4.78 is 29.8. The van der Waals surface area contributed by atoms with Crippen molar-refractivity contribution in [2.24, 2.45) is 0 Å². The van der Waals surface area contributed by atoms with Crippen LogP contribution in [-0.4, -0.2) is 16.4 Å². The number of nitrogens with two attached hydrogens (primary N) is 1. The Morgan fingerprint density at radius 1 is 1.24 bits per heavy atom. The zero-order chi connectivity index (χ0) is 12.3. The molecule has 1 aromatic carbocycles. The third kappa shape index (κ3) is 3.17. The van der Waals surface area contributed by atoms with Gasteiger partial charge in [-0.2, -0.15) is 13.9 Å². The lowest BCUT2D eigenvalue weighted by molar-refractivity contribution is -0.0498. The summed E-state index contributed by atoms with van der Waals surface area (Å²) in [5.41, 5.74) is 6.40. The summed E-state index contributed by atoms with van der Waals surface area (Å²) in [7, 11) is 0. The Morgan fingerprint density at radius 3 is 2.47 bits per heavy atom. The van der Waals surface area contributed by atoms with Crippen LogP contribution in [0.1, 0.15) is 5.56 Å². The van der Waals surface area contributed by atoms with Crippen LogP contribution >= 0.6 is 0 Å². The monoisotopic (exact) mass is 239 g/mol. The maximum atomic E-state index is 11.9. The van der Waals surface area contributed by atoms with Crippen molar-refractivity contribution in [2.75, 3.05) is 5.73 Å². The lowest BCUT2D eigenvalue weighted by Gasteiger charge is -2.06. The van der Waals surface area contributed by atoms with Crippen molar-refractivity contribution in [3.8, 4) is 5.75 Å². The van der Waals surface area contributed by atoms with E-state index < -0.39 is 6.61 Å². The van der Waals surface area contributed by atoms with Crippen molar-refractivity contribution in [1.29, 1.82) is 0 Å². The van der Waals surface area contributed by atoms with E-state index in [1.165, 1.54) is 12.1 Å². The number of aromatic nitrogens is 2. The van der Waals surface area contributed by atoms with Crippen molar-refractivity contribution >= 4 is 5.82 Å². The molecule has 6 heteroatoms. The fourth-order valence-corrected chi connectivity index (χ4v) is 1.43. The van der Waals surface area contributed by atoms with Crippen LogP contribution in [0.5, 0.6) is 5.75 Å². The van der Waals surface area contributed by atoms with Gasteiger partial charge in [0.1, 0.15) is 11.6 Å². The molecular weight excluding hydrogens is 228 g/mol. The first-order chi connectivity index (χ1) is 8.13. The molecule has 0 saturated carbocycles. The second kappa shape index (κ2) is 4.82. The number of hydrogen-bond acceptors (Lipinski definition) is 3. The third-order valence-electron chi connectivity index (χ3n) is 2.15. The van der Waals surface area contributed by atoms with Gasteiger partial charge in [-0.05, 0) is 23.8 Å². The summed E-state index contributed by atoms with van der Waals surface area (Å²) >= 11 is 0. The summed E-state index contributed by atoms with van der Waals surface area (Å²) in [6, 6.07) is 8.09. The molecule has 0 saturated heterocycles. The van der Waals surface area contributed by atoms with Crippen molar-refractivity contribution < 1.29 is 13.5 Å². The molecule has 1 aromatic heterocycles. The molecule has 0 aliphatic heterocycles. The summed E-state index contributed by atoms with van der Waals surface area (Å²) in [5, 5.41) is 4.02. The van der Waals surface area contributed by atoms with Gasteiger partial charge in [0.05, 0.1) is 6.54 Å². The van der Waals surface area contributed by atoms with Crippen LogP contribution in [0.3, 0.4) is 0 Å². The largest absolute Gasteiger partial charge is 0.435 e. The van der Waals surface area contributed by atoms with E-state index in [1.807, 2.05) is 0 Å². The highest BCUT2D eigenvalue weighted by molar-refractivity contribution is 5.28. The second-order valence-electron chi connectivity index (χ2n) is 3.46. The van der Waals surface area contributed by atoms with Gasteiger partial charge in [0.15, 0.2) is 0 Å². The Balaban J connectivity index is 2.03. The van der Waals surface area contributed by atoms with Gasteiger partial charge < -0.3 is 10.5 Å². The minimum atomic E-state index is -2.80. The number of rotatable bonds is 4. The summed E-state index contributed by atoms with van der Waals surface area (Å²) in [4.78, 5) is 0. The smallest absolute Gasteiger partial charge is 0.387 e. The van der Waals surface area contributed by atoms with E-state index in [1.54, 1.807) is 29.1 Å². The molecule has 0 atom stereocenters. The molecule has 0 aliphatic carbocycles. The first kappa shape index (κ1) is 11.4. The average molecular weight is 239 g/mol. The van der Waals surface area contributed by atoms with Gasteiger partial charge in [-0.25, -0.2) is 0 Å². The van der Waals surface area contributed by atoms with Crippen LogP contribution in [-0.2, 0) is 6.54 Å². The molecule has 0 fully saturated rings. The number of hydrogen-bond donors (Lipinski definition) is 1. The number of nitrogen functional groups attached to an aromatic ring is 1. The summed E-state index contributed by atoms with van der Waals surface area (Å²) in [6.45, 7) is -2.27. The minimum absolute atomic E-state index is 0.142. The topological polar surface area (TPSA) is 53.1 Å². The lowest BCUT2D eigenvalue weighted by Crippen LogP contribution is -2.03. The highest BCUT2D eigenvalue weighted by Gasteiger charge is 2.04. The quantitative estimate of drug-likeness (QED) is 0.889. The number of ether oxygens (including phenoxy) is 1. The van der Waals surface area contributed by atoms with Crippen LogP contribution in [0, 0.1) is 0 Å².